The molecule has 8 heteroatoms. The second-order valence-corrected chi connectivity index (χ2v) is 5.63. The van der Waals surface area contributed by atoms with Crippen molar-refractivity contribution in [1.82, 2.24) is 0 Å². The van der Waals surface area contributed by atoms with E-state index in [-0.39, 0.29) is 28.1 Å². The second kappa shape index (κ2) is 10.5. The summed E-state index contributed by atoms with van der Waals surface area (Å²) < 4.78 is 15.5. The van der Waals surface area contributed by atoms with Crippen LogP contribution in [0.1, 0.15) is 49.0 Å². The molecule has 0 radical (unpaired) electrons. The molecule has 0 heterocycles. The first kappa shape index (κ1) is 21.6. The minimum atomic E-state index is -0.973. The molecule has 1 N–H and O–H groups in total. The highest BCUT2D eigenvalue weighted by Crippen LogP contribution is 2.33. The van der Waals surface area contributed by atoms with Crippen molar-refractivity contribution in [2.45, 2.75) is 39.4 Å². The van der Waals surface area contributed by atoms with E-state index in [1.165, 1.54) is 33.3 Å². The number of ether oxygens (including phenoxy) is 3. The fraction of sp³-hybridized carbons (Fsp3) is 0.500. The lowest BCUT2D eigenvalue weighted by Gasteiger charge is -2.21. The minimum absolute atomic E-state index is 0.0377. The van der Waals surface area contributed by atoms with Gasteiger partial charge in [0, 0.05) is 13.2 Å². The summed E-state index contributed by atoms with van der Waals surface area (Å²) >= 11 is 0. The fourth-order valence-corrected chi connectivity index (χ4v) is 2.46. The summed E-state index contributed by atoms with van der Waals surface area (Å²) in [5.74, 6) is -0.855. The third-order valence-corrected chi connectivity index (χ3v) is 3.76. The van der Waals surface area contributed by atoms with Crippen LogP contribution in [0.3, 0.4) is 0 Å². The van der Waals surface area contributed by atoms with E-state index >= 15 is 0 Å². The zero-order chi connectivity index (χ0) is 19.7. The predicted octanol–water partition coefficient (Wildman–Crippen LogP) is 3.85. The first-order valence-corrected chi connectivity index (χ1v) is 8.28. The Morgan fingerprint density at radius 2 is 2.00 bits per heavy atom. The zero-order valence-corrected chi connectivity index (χ0v) is 15.5. The molecule has 0 aliphatic carbocycles. The van der Waals surface area contributed by atoms with Crippen LogP contribution in [-0.2, 0) is 14.2 Å². The highest BCUT2D eigenvalue weighted by atomic mass is 16.7. The van der Waals surface area contributed by atoms with Gasteiger partial charge in [0.05, 0.1) is 41.1 Å². The number of unbranched alkanes of at least 4 members (excludes halogenated alkanes) is 2. The molecule has 1 aromatic rings. The van der Waals surface area contributed by atoms with Crippen LogP contribution < -0.4 is 0 Å². The van der Waals surface area contributed by atoms with Crippen LogP contribution in [0.4, 0.5) is 5.69 Å². The number of carbonyl (C=O) groups excluding carboxylic acids is 1. The van der Waals surface area contributed by atoms with Gasteiger partial charge in [0.2, 0.25) is 0 Å². The second-order valence-electron chi connectivity index (χ2n) is 5.63. The molecular weight excluding hydrogens is 342 g/mol. The molecular formula is C18H25NO7. The molecule has 0 saturated carbocycles. The summed E-state index contributed by atoms with van der Waals surface area (Å²) in [5, 5.41) is 21.6. The number of nitro benzene ring substituents is 1. The first-order valence-electron chi connectivity index (χ1n) is 8.28. The third-order valence-electron chi connectivity index (χ3n) is 3.76. The predicted molar refractivity (Wildman–Crippen MR) is 95.9 cm³/mol. The van der Waals surface area contributed by atoms with E-state index < -0.39 is 17.2 Å². The molecule has 1 aromatic carbocycles. The number of allylic oxidation sites excluding steroid dienone is 1. The number of rotatable bonds is 10. The van der Waals surface area contributed by atoms with Crippen molar-refractivity contribution in [1.29, 1.82) is 0 Å². The first-order chi connectivity index (χ1) is 12.4. The Morgan fingerprint density at radius 3 is 2.50 bits per heavy atom. The molecule has 0 aromatic heterocycles. The van der Waals surface area contributed by atoms with Crippen LogP contribution in [0.25, 0.3) is 5.57 Å². The Bertz CT molecular complexity index is 666. The van der Waals surface area contributed by atoms with E-state index in [1.54, 1.807) is 0 Å². The topological polar surface area (TPSA) is 108 Å². The van der Waals surface area contributed by atoms with Crippen molar-refractivity contribution in [3.8, 4) is 0 Å². The smallest absolute Gasteiger partial charge is 0.338 e. The Kier molecular flexibility index (Phi) is 8.74. The van der Waals surface area contributed by atoms with Crippen molar-refractivity contribution in [2.75, 3.05) is 20.8 Å². The summed E-state index contributed by atoms with van der Waals surface area (Å²) in [4.78, 5) is 22.5. The largest absolute Gasteiger partial charge is 0.512 e. The van der Waals surface area contributed by atoms with Crippen molar-refractivity contribution in [2.24, 2.45) is 0 Å². The SMILES string of the molecule is CCCCCOC(OC)/C(=C(/C)O)c1ccc(C(=O)OC)cc1[N+](=O)[O-]. The normalized spacial score (nSPS) is 13.1. The fourth-order valence-electron chi connectivity index (χ4n) is 2.46. The molecule has 8 nitrogen and oxygen atoms in total. The van der Waals surface area contributed by atoms with E-state index in [1.807, 2.05) is 0 Å². The lowest BCUT2D eigenvalue weighted by Crippen LogP contribution is -2.20. The molecule has 0 saturated heterocycles. The Labute approximate surface area is 152 Å². The molecule has 1 rings (SSSR count). The van der Waals surface area contributed by atoms with Crippen molar-refractivity contribution < 1.29 is 29.0 Å². The van der Waals surface area contributed by atoms with Crippen LogP contribution in [0.2, 0.25) is 0 Å². The van der Waals surface area contributed by atoms with Crippen LogP contribution in [0.5, 0.6) is 0 Å². The van der Waals surface area contributed by atoms with Crippen molar-refractivity contribution >= 4 is 17.2 Å². The van der Waals surface area contributed by atoms with Gasteiger partial charge in [-0.2, -0.15) is 0 Å². The maximum atomic E-state index is 11.6. The summed E-state index contributed by atoms with van der Waals surface area (Å²) in [6.07, 6.45) is 1.82. The number of esters is 1. The van der Waals surface area contributed by atoms with Gasteiger partial charge in [-0.3, -0.25) is 10.1 Å². The van der Waals surface area contributed by atoms with Gasteiger partial charge in [0.1, 0.15) is 0 Å². The molecule has 0 aliphatic rings. The molecule has 0 amide bonds. The Morgan fingerprint density at radius 1 is 1.31 bits per heavy atom. The quantitative estimate of drug-likeness (QED) is 0.167. The highest BCUT2D eigenvalue weighted by molar-refractivity contribution is 5.91. The number of hydrogen-bond acceptors (Lipinski definition) is 7. The van der Waals surface area contributed by atoms with Gasteiger partial charge in [-0.05, 0) is 25.5 Å². The van der Waals surface area contributed by atoms with Crippen LogP contribution in [0.15, 0.2) is 24.0 Å². The number of nitrogens with zero attached hydrogens (tertiary/aromatic N) is 1. The number of methoxy groups -OCH3 is 2. The Balaban J connectivity index is 3.30. The number of aliphatic hydroxyl groups is 1. The Hall–Kier alpha value is -2.45. The number of hydrogen-bond donors (Lipinski definition) is 1. The van der Waals surface area contributed by atoms with Crippen LogP contribution in [0, 0.1) is 10.1 Å². The molecule has 144 valence electrons. The lowest BCUT2D eigenvalue weighted by atomic mass is 10.00. The molecule has 26 heavy (non-hydrogen) atoms. The van der Waals surface area contributed by atoms with E-state index in [0.29, 0.717) is 6.61 Å². The van der Waals surface area contributed by atoms with E-state index in [2.05, 4.69) is 11.7 Å². The van der Waals surface area contributed by atoms with Crippen LogP contribution in [-0.4, -0.2) is 43.1 Å². The standard InChI is InChI=1S/C18H25NO7/c1-5-6-7-10-26-18(25-4)16(12(2)20)14-9-8-13(17(21)24-3)11-15(14)19(22)23/h8-9,11,18,20H,5-7,10H2,1-4H3/b16-12-. The average Bonchev–Trinajstić information content (AvgIpc) is 2.62. The van der Waals surface area contributed by atoms with Gasteiger partial charge in [0.15, 0.2) is 6.29 Å². The zero-order valence-electron chi connectivity index (χ0n) is 15.5. The molecule has 1 unspecified atom stereocenters. The molecule has 0 fully saturated rings. The van der Waals surface area contributed by atoms with Crippen molar-refractivity contribution in [3.63, 3.8) is 0 Å². The van der Waals surface area contributed by atoms with Gasteiger partial charge < -0.3 is 19.3 Å². The van der Waals surface area contributed by atoms with E-state index in [4.69, 9.17) is 9.47 Å². The summed E-state index contributed by atoms with van der Waals surface area (Å²) in [6.45, 7) is 3.84. The minimum Gasteiger partial charge on any atom is -0.512 e. The molecule has 0 bridgehead atoms. The lowest BCUT2D eigenvalue weighted by molar-refractivity contribution is -0.385. The maximum Gasteiger partial charge on any atom is 0.338 e. The van der Waals surface area contributed by atoms with Gasteiger partial charge in [-0.15, -0.1) is 0 Å². The van der Waals surface area contributed by atoms with Gasteiger partial charge in [0.25, 0.3) is 5.69 Å². The monoisotopic (exact) mass is 367 g/mol. The van der Waals surface area contributed by atoms with Crippen LogP contribution >= 0.6 is 0 Å². The molecule has 1 atom stereocenters. The van der Waals surface area contributed by atoms with E-state index in [0.717, 1.165) is 25.3 Å². The summed E-state index contributed by atoms with van der Waals surface area (Å²) in [7, 11) is 2.58. The number of benzene rings is 1. The van der Waals surface area contributed by atoms with Gasteiger partial charge in [-0.1, -0.05) is 19.8 Å². The average molecular weight is 367 g/mol. The summed E-state index contributed by atoms with van der Waals surface area (Å²) in [6, 6.07) is 3.87. The number of carbonyl (C=O) groups is 1. The highest BCUT2D eigenvalue weighted by Gasteiger charge is 2.27. The summed E-state index contributed by atoms with van der Waals surface area (Å²) in [5.41, 5.74) is -0.0525. The number of nitro groups is 1. The van der Waals surface area contributed by atoms with Crippen molar-refractivity contribution in [3.05, 3.63) is 45.2 Å². The van der Waals surface area contributed by atoms with Gasteiger partial charge >= 0.3 is 5.97 Å². The van der Waals surface area contributed by atoms with E-state index in [9.17, 15) is 20.0 Å². The number of aliphatic hydroxyl groups excluding tert-OH is 1. The molecule has 0 spiro atoms. The molecule has 0 aliphatic heterocycles. The van der Waals surface area contributed by atoms with Gasteiger partial charge in [-0.25, -0.2) is 4.79 Å². The maximum absolute atomic E-state index is 11.6. The third kappa shape index (κ3) is 5.53.